The molecule has 2 aliphatic carbocycles. The topological polar surface area (TPSA) is 100 Å². The predicted octanol–water partition coefficient (Wildman–Crippen LogP) is 3.55. The number of aliphatic hydroxyl groups excluding tert-OH is 1. The van der Waals surface area contributed by atoms with Crippen LogP contribution >= 0.6 is 0 Å². The summed E-state index contributed by atoms with van der Waals surface area (Å²) in [5.41, 5.74) is 0.252. The van der Waals surface area contributed by atoms with Crippen LogP contribution in [0.2, 0.25) is 0 Å². The number of halogens is 3. The van der Waals surface area contributed by atoms with Crippen molar-refractivity contribution in [3.8, 4) is 11.1 Å². The second kappa shape index (κ2) is 9.26. The minimum Gasteiger partial charge on any atom is -0.393 e. The van der Waals surface area contributed by atoms with Gasteiger partial charge in [-0.3, -0.25) is 9.78 Å². The van der Waals surface area contributed by atoms with Gasteiger partial charge in [-0.15, -0.1) is 0 Å². The number of alkyl halides is 1. The summed E-state index contributed by atoms with van der Waals surface area (Å²) in [6.07, 6.45) is 4.20. The average molecular weight is 483 g/mol. The van der Waals surface area contributed by atoms with Gasteiger partial charge in [0.05, 0.1) is 11.8 Å². The minimum absolute atomic E-state index is 0.0918. The molecule has 182 valence electrons. The van der Waals surface area contributed by atoms with E-state index in [0.717, 1.165) is 0 Å². The fraction of sp³-hybridized carbons (Fsp3) is 0.360. The molecule has 0 aliphatic heterocycles. The number of pyridine rings is 1. The molecule has 0 saturated heterocycles. The molecule has 0 bridgehead atoms. The van der Waals surface area contributed by atoms with Crippen LogP contribution in [0.25, 0.3) is 11.1 Å². The Balaban J connectivity index is 1.28. The maximum absolute atomic E-state index is 14.5. The first-order chi connectivity index (χ1) is 16.8. The van der Waals surface area contributed by atoms with E-state index >= 15 is 0 Å². The molecule has 7 nitrogen and oxygen atoms in total. The highest BCUT2D eigenvalue weighted by Crippen LogP contribution is 2.45. The summed E-state index contributed by atoms with van der Waals surface area (Å²) >= 11 is 0. The Labute approximate surface area is 199 Å². The first-order valence-electron chi connectivity index (χ1n) is 11.4. The summed E-state index contributed by atoms with van der Waals surface area (Å²) in [6, 6.07) is 6.74. The number of aromatic nitrogens is 3. The normalized spacial score (nSPS) is 25.3. The fourth-order valence-corrected chi connectivity index (χ4v) is 4.65. The van der Waals surface area contributed by atoms with E-state index in [2.05, 4.69) is 25.6 Å². The minimum atomic E-state index is -1.02. The summed E-state index contributed by atoms with van der Waals surface area (Å²) in [5.74, 6) is -1.13. The molecule has 2 saturated carbocycles. The maximum Gasteiger partial charge on any atom is 0.251 e. The second-order valence-electron chi connectivity index (χ2n) is 9.26. The van der Waals surface area contributed by atoms with E-state index in [1.807, 2.05) is 0 Å². The summed E-state index contributed by atoms with van der Waals surface area (Å²) < 4.78 is 42.6. The van der Waals surface area contributed by atoms with E-state index in [-0.39, 0.29) is 54.1 Å². The van der Waals surface area contributed by atoms with Crippen molar-refractivity contribution in [1.82, 2.24) is 20.3 Å². The summed E-state index contributed by atoms with van der Waals surface area (Å²) in [7, 11) is 0. The Morgan fingerprint density at radius 1 is 1.09 bits per heavy atom. The van der Waals surface area contributed by atoms with E-state index < -0.39 is 29.3 Å². The summed E-state index contributed by atoms with van der Waals surface area (Å²) in [5, 5.41) is 15.2. The van der Waals surface area contributed by atoms with Crippen molar-refractivity contribution in [2.45, 2.75) is 49.4 Å². The molecule has 2 fully saturated rings. The van der Waals surface area contributed by atoms with Crippen molar-refractivity contribution in [3.63, 3.8) is 0 Å². The van der Waals surface area contributed by atoms with Crippen LogP contribution in [0.15, 0.2) is 48.9 Å². The molecular weight excluding hydrogens is 459 g/mol. The van der Waals surface area contributed by atoms with Gasteiger partial charge < -0.3 is 15.7 Å². The van der Waals surface area contributed by atoms with E-state index in [1.54, 1.807) is 0 Å². The molecule has 3 aromatic rings. The molecule has 10 heteroatoms. The van der Waals surface area contributed by atoms with Crippen LogP contribution in [0.3, 0.4) is 0 Å². The number of amides is 1. The standard InChI is InChI=1S/C25H24F3N5O2/c26-16-9-25(10-16,22-21(28)2-1-5-29-22)13-32-24-30-11-15(12-31-24)19-6-14(3-4-20(19)27)23(35)33-17-7-18(34)8-17/h1-6,11-12,16-18,34H,7-10,13H2,(H,33,35)(H,30,31,32)/t16-,17?,18?,25-. The Hall–Kier alpha value is -3.53. The molecule has 35 heavy (non-hydrogen) atoms. The summed E-state index contributed by atoms with van der Waals surface area (Å²) in [6.45, 7) is 0.195. The van der Waals surface area contributed by atoms with Crippen LogP contribution in [0.4, 0.5) is 19.1 Å². The van der Waals surface area contributed by atoms with Gasteiger partial charge in [-0.05, 0) is 56.0 Å². The lowest BCUT2D eigenvalue weighted by atomic mass is 9.65. The van der Waals surface area contributed by atoms with Crippen molar-refractivity contribution in [2.24, 2.45) is 0 Å². The van der Waals surface area contributed by atoms with Crippen LogP contribution in [-0.2, 0) is 5.41 Å². The van der Waals surface area contributed by atoms with Crippen molar-refractivity contribution in [3.05, 3.63) is 71.8 Å². The van der Waals surface area contributed by atoms with Crippen LogP contribution in [0.5, 0.6) is 0 Å². The predicted molar refractivity (Wildman–Crippen MR) is 122 cm³/mol. The lowest BCUT2D eigenvalue weighted by molar-refractivity contribution is 0.0562. The smallest absolute Gasteiger partial charge is 0.251 e. The number of aliphatic hydroxyl groups is 1. The molecule has 1 amide bonds. The van der Waals surface area contributed by atoms with Gasteiger partial charge in [0.15, 0.2) is 0 Å². The highest BCUT2D eigenvalue weighted by molar-refractivity contribution is 5.95. The van der Waals surface area contributed by atoms with Crippen LogP contribution in [0, 0.1) is 11.6 Å². The van der Waals surface area contributed by atoms with Crippen molar-refractivity contribution < 1.29 is 23.1 Å². The molecule has 0 radical (unpaired) electrons. The third kappa shape index (κ3) is 4.70. The number of nitrogens with one attached hydrogen (secondary N) is 2. The van der Waals surface area contributed by atoms with Gasteiger partial charge in [-0.25, -0.2) is 23.1 Å². The van der Waals surface area contributed by atoms with Gasteiger partial charge in [0.1, 0.15) is 17.8 Å². The molecule has 2 aliphatic rings. The molecule has 1 aromatic carbocycles. The number of rotatable bonds is 7. The third-order valence-corrected chi connectivity index (χ3v) is 6.71. The quantitative estimate of drug-likeness (QED) is 0.475. The second-order valence-corrected chi connectivity index (χ2v) is 9.26. The van der Waals surface area contributed by atoms with E-state index in [0.29, 0.717) is 18.4 Å². The Morgan fingerprint density at radius 2 is 1.83 bits per heavy atom. The molecule has 5 rings (SSSR count). The van der Waals surface area contributed by atoms with Crippen LogP contribution in [0.1, 0.15) is 41.7 Å². The SMILES string of the molecule is O=C(NC1CC(O)C1)c1ccc(F)c(-c2cnc(NC[C@]3(c4ncccc4F)C[C@H](F)C3)nc2)c1. The van der Waals surface area contributed by atoms with Crippen molar-refractivity contribution in [2.75, 3.05) is 11.9 Å². The van der Waals surface area contributed by atoms with Gasteiger partial charge in [-0.1, -0.05) is 0 Å². The zero-order valence-corrected chi connectivity index (χ0v) is 18.7. The van der Waals surface area contributed by atoms with Gasteiger partial charge >= 0.3 is 0 Å². The zero-order valence-electron chi connectivity index (χ0n) is 18.7. The van der Waals surface area contributed by atoms with E-state index in [1.165, 1.54) is 48.9 Å². The zero-order chi connectivity index (χ0) is 24.6. The number of hydrogen-bond acceptors (Lipinski definition) is 6. The highest BCUT2D eigenvalue weighted by Gasteiger charge is 2.48. The Kier molecular flexibility index (Phi) is 6.14. The van der Waals surface area contributed by atoms with Gasteiger partial charge in [0.2, 0.25) is 5.95 Å². The lowest BCUT2D eigenvalue weighted by Gasteiger charge is -2.43. The lowest BCUT2D eigenvalue weighted by Crippen LogP contribution is -2.49. The van der Waals surface area contributed by atoms with Crippen molar-refractivity contribution in [1.29, 1.82) is 0 Å². The van der Waals surface area contributed by atoms with Crippen LogP contribution in [-0.4, -0.2) is 50.8 Å². The number of hydrogen-bond donors (Lipinski definition) is 3. The average Bonchev–Trinajstić information content (AvgIpc) is 2.81. The molecule has 0 unspecified atom stereocenters. The van der Waals surface area contributed by atoms with Crippen molar-refractivity contribution >= 4 is 11.9 Å². The summed E-state index contributed by atoms with van der Waals surface area (Å²) in [4.78, 5) is 25.0. The Morgan fingerprint density at radius 3 is 2.49 bits per heavy atom. The van der Waals surface area contributed by atoms with Gasteiger partial charge in [0.25, 0.3) is 5.91 Å². The van der Waals surface area contributed by atoms with E-state index in [9.17, 15) is 23.1 Å². The number of nitrogens with zero attached hydrogens (tertiary/aromatic N) is 3. The largest absolute Gasteiger partial charge is 0.393 e. The number of benzene rings is 1. The molecule has 3 N–H and O–H groups in total. The maximum atomic E-state index is 14.5. The Bertz CT molecular complexity index is 1230. The molecule has 2 aromatic heterocycles. The van der Waals surface area contributed by atoms with Gasteiger partial charge in [-0.2, -0.15) is 0 Å². The van der Waals surface area contributed by atoms with E-state index in [4.69, 9.17) is 0 Å². The third-order valence-electron chi connectivity index (χ3n) is 6.71. The number of carbonyl (C=O) groups excluding carboxylic acids is 1. The first kappa shape index (κ1) is 23.2. The highest BCUT2D eigenvalue weighted by atomic mass is 19.1. The first-order valence-corrected chi connectivity index (χ1v) is 11.4. The fourth-order valence-electron chi connectivity index (χ4n) is 4.65. The monoisotopic (exact) mass is 483 g/mol. The van der Waals surface area contributed by atoms with Crippen LogP contribution < -0.4 is 10.6 Å². The molecule has 0 spiro atoms. The molecule has 2 heterocycles. The molecule has 0 atom stereocenters. The number of anilines is 1. The van der Waals surface area contributed by atoms with Gasteiger partial charge in [0, 0.05) is 53.3 Å². The molecular formula is C25H24F3N5O2. The number of carbonyl (C=O) groups is 1.